The first-order valence-electron chi connectivity index (χ1n) is 8.65. The van der Waals surface area contributed by atoms with Crippen LogP contribution in [0.4, 0.5) is 0 Å². The molecule has 0 aromatic heterocycles. The predicted molar refractivity (Wildman–Crippen MR) is 96.1 cm³/mol. The van der Waals surface area contributed by atoms with Crippen LogP contribution in [0.1, 0.15) is 25.3 Å². The zero-order valence-electron chi connectivity index (χ0n) is 14.8. The lowest BCUT2D eigenvalue weighted by Gasteiger charge is -2.30. The zero-order chi connectivity index (χ0) is 18.9. The smallest absolute Gasteiger partial charge is 0.331 e. The van der Waals surface area contributed by atoms with Crippen LogP contribution in [-0.4, -0.2) is 49.0 Å². The van der Waals surface area contributed by atoms with E-state index in [0.717, 1.165) is 5.56 Å². The summed E-state index contributed by atoms with van der Waals surface area (Å²) in [6, 6.07) is 7.32. The summed E-state index contributed by atoms with van der Waals surface area (Å²) in [7, 11) is 0. The van der Waals surface area contributed by atoms with Crippen molar-refractivity contribution in [2.45, 2.75) is 19.8 Å². The van der Waals surface area contributed by atoms with Crippen molar-refractivity contribution in [3.05, 3.63) is 35.9 Å². The summed E-state index contributed by atoms with van der Waals surface area (Å²) >= 11 is 0. The van der Waals surface area contributed by atoms with E-state index in [1.807, 2.05) is 31.2 Å². The quantitative estimate of drug-likeness (QED) is 0.585. The van der Waals surface area contributed by atoms with Gasteiger partial charge in [-0.3, -0.25) is 9.59 Å². The molecular weight excluding hydrogens is 336 g/mol. The molecule has 0 bridgehead atoms. The summed E-state index contributed by atoms with van der Waals surface area (Å²) in [5.41, 5.74) is 6.03. The summed E-state index contributed by atoms with van der Waals surface area (Å²) in [6.45, 7) is 2.98. The molecule has 140 valence electrons. The highest BCUT2D eigenvalue weighted by Gasteiger charge is 2.26. The zero-order valence-corrected chi connectivity index (χ0v) is 14.8. The SMILES string of the molecule is CCOc1ccccc1/C=C/C(=O)OCC(=O)N1CCC(C(N)=O)CC1. The highest BCUT2D eigenvalue weighted by molar-refractivity contribution is 5.89. The first kappa shape index (κ1) is 19.5. The van der Waals surface area contributed by atoms with Crippen molar-refractivity contribution in [1.82, 2.24) is 4.90 Å². The Bertz CT molecular complexity index is 678. The molecule has 0 unspecified atom stereocenters. The van der Waals surface area contributed by atoms with E-state index in [9.17, 15) is 14.4 Å². The Morgan fingerprint density at radius 3 is 2.58 bits per heavy atom. The van der Waals surface area contributed by atoms with Gasteiger partial charge in [0.2, 0.25) is 5.91 Å². The van der Waals surface area contributed by atoms with Crippen LogP contribution in [0, 0.1) is 5.92 Å². The molecule has 0 saturated carbocycles. The van der Waals surface area contributed by atoms with Crippen LogP contribution in [0.25, 0.3) is 6.08 Å². The van der Waals surface area contributed by atoms with Gasteiger partial charge in [0.25, 0.3) is 5.91 Å². The van der Waals surface area contributed by atoms with E-state index in [2.05, 4.69) is 0 Å². The minimum atomic E-state index is -0.600. The van der Waals surface area contributed by atoms with Crippen LogP contribution in [0.5, 0.6) is 5.75 Å². The first-order chi connectivity index (χ1) is 12.5. The Kier molecular flexibility index (Phi) is 7.20. The summed E-state index contributed by atoms with van der Waals surface area (Å²) in [5.74, 6) is -0.718. The van der Waals surface area contributed by atoms with Gasteiger partial charge in [-0.15, -0.1) is 0 Å². The van der Waals surface area contributed by atoms with Crippen LogP contribution in [0.2, 0.25) is 0 Å². The van der Waals surface area contributed by atoms with Gasteiger partial charge in [-0.1, -0.05) is 18.2 Å². The summed E-state index contributed by atoms with van der Waals surface area (Å²) in [4.78, 5) is 36.6. The molecule has 1 aliphatic rings. The van der Waals surface area contributed by atoms with Crippen LogP contribution in [0.3, 0.4) is 0 Å². The van der Waals surface area contributed by atoms with Crippen molar-refractivity contribution in [2.24, 2.45) is 11.7 Å². The number of hydrogen-bond donors (Lipinski definition) is 1. The number of carbonyl (C=O) groups excluding carboxylic acids is 3. The number of piperidine rings is 1. The molecule has 1 aliphatic heterocycles. The third-order valence-electron chi connectivity index (χ3n) is 4.21. The molecule has 1 aromatic carbocycles. The van der Waals surface area contributed by atoms with Gasteiger partial charge in [-0.2, -0.15) is 0 Å². The highest BCUT2D eigenvalue weighted by Crippen LogP contribution is 2.19. The Labute approximate surface area is 152 Å². The van der Waals surface area contributed by atoms with Crippen LogP contribution >= 0.6 is 0 Å². The number of benzene rings is 1. The average Bonchev–Trinajstić information content (AvgIpc) is 2.65. The minimum absolute atomic E-state index is 0.185. The van der Waals surface area contributed by atoms with Gasteiger partial charge in [0.15, 0.2) is 6.61 Å². The molecule has 7 heteroatoms. The number of esters is 1. The van der Waals surface area contributed by atoms with Gasteiger partial charge < -0.3 is 20.1 Å². The summed E-state index contributed by atoms with van der Waals surface area (Å²) < 4.78 is 10.5. The van der Waals surface area contributed by atoms with Crippen molar-refractivity contribution in [3.63, 3.8) is 0 Å². The maximum atomic E-state index is 12.1. The lowest BCUT2D eigenvalue weighted by molar-refractivity contribution is -0.149. The van der Waals surface area contributed by atoms with Gasteiger partial charge in [0.05, 0.1) is 6.61 Å². The lowest BCUT2D eigenvalue weighted by Crippen LogP contribution is -2.43. The van der Waals surface area contributed by atoms with Crippen molar-refractivity contribution < 1.29 is 23.9 Å². The number of primary amides is 1. The van der Waals surface area contributed by atoms with Crippen LogP contribution in [-0.2, 0) is 19.1 Å². The number of para-hydroxylation sites is 1. The fraction of sp³-hybridized carbons (Fsp3) is 0.421. The molecule has 1 fully saturated rings. The molecule has 7 nitrogen and oxygen atoms in total. The lowest BCUT2D eigenvalue weighted by atomic mass is 9.96. The molecule has 2 N–H and O–H groups in total. The second kappa shape index (κ2) is 9.60. The minimum Gasteiger partial charge on any atom is -0.493 e. The third kappa shape index (κ3) is 5.61. The first-order valence-corrected chi connectivity index (χ1v) is 8.65. The number of carbonyl (C=O) groups is 3. The molecule has 26 heavy (non-hydrogen) atoms. The van der Waals surface area contributed by atoms with Crippen molar-refractivity contribution in [3.8, 4) is 5.75 Å². The van der Waals surface area contributed by atoms with E-state index in [0.29, 0.717) is 38.3 Å². The molecule has 1 saturated heterocycles. The molecule has 0 atom stereocenters. The normalized spacial score (nSPS) is 15.0. The van der Waals surface area contributed by atoms with Gasteiger partial charge in [0, 0.05) is 30.6 Å². The highest BCUT2D eigenvalue weighted by atomic mass is 16.5. The molecule has 0 aliphatic carbocycles. The van der Waals surface area contributed by atoms with Crippen LogP contribution < -0.4 is 10.5 Å². The standard InChI is InChI=1S/C19H24N2O5/c1-2-25-16-6-4-3-5-14(16)7-8-18(23)26-13-17(22)21-11-9-15(10-12-21)19(20)24/h3-8,15H,2,9-13H2,1H3,(H2,20,24)/b8-7+. The van der Waals surface area contributed by atoms with Crippen molar-refractivity contribution >= 4 is 23.9 Å². The maximum Gasteiger partial charge on any atom is 0.331 e. The van der Waals surface area contributed by atoms with E-state index in [-0.39, 0.29) is 24.3 Å². The largest absolute Gasteiger partial charge is 0.493 e. The maximum absolute atomic E-state index is 12.1. The molecule has 0 radical (unpaired) electrons. The number of rotatable bonds is 7. The van der Waals surface area contributed by atoms with Gasteiger partial charge >= 0.3 is 5.97 Å². The topological polar surface area (TPSA) is 98.9 Å². The molecule has 1 aromatic rings. The van der Waals surface area contributed by atoms with Crippen molar-refractivity contribution in [1.29, 1.82) is 0 Å². The summed E-state index contributed by atoms with van der Waals surface area (Å²) in [6.07, 6.45) is 3.95. The van der Waals surface area contributed by atoms with E-state index in [1.165, 1.54) is 6.08 Å². The Hall–Kier alpha value is -2.83. The summed E-state index contributed by atoms with van der Waals surface area (Å²) in [5, 5.41) is 0. The number of ether oxygens (including phenoxy) is 2. The Morgan fingerprint density at radius 1 is 1.23 bits per heavy atom. The van der Waals surface area contributed by atoms with E-state index in [1.54, 1.807) is 11.0 Å². The monoisotopic (exact) mass is 360 g/mol. The molecular formula is C19H24N2O5. The second-order valence-electron chi connectivity index (χ2n) is 5.97. The van der Waals surface area contributed by atoms with Crippen molar-refractivity contribution in [2.75, 3.05) is 26.3 Å². The van der Waals surface area contributed by atoms with Crippen LogP contribution in [0.15, 0.2) is 30.3 Å². The molecule has 2 amide bonds. The number of amides is 2. The second-order valence-corrected chi connectivity index (χ2v) is 5.97. The van der Waals surface area contributed by atoms with Gasteiger partial charge in [-0.25, -0.2) is 4.79 Å². The van der Waals surface area contributed by atoms with E-state index in [4.69, 9.17) is 15.2 Å². The Morgan fingerprint density at radius 2 is 1.92 bits per heavy atom. The number of hydrogen-bond acceptors (Lipinski definition) is 5. The predicted octanol–water partition coefficient (Wildman–Crippen LogP) is 1.37. The molecule has 0 spiro atoms. The third-order valence-corrected chi connectivity index (χ3v) is 4.21. The fourth-order valence-corrected chi connectivity index (χ4v) is 2.75. The average molecular weight is 360 g/mol. The Balaban J connectivity index is 1.80. The number of nitrogens with zero attached hydrogens (tertiary/aromatic N) is 1. The van der Waals surface area contributed by atoms with E-state index < -0.39 is 5.97 Å². The molecule has 2 rings (SSSR count). The van der Waals surface area contributed by atoms with Gasteiger partial charge in [-0.05, 0) is 31.9 Å². The number of nitrogens with two attached hydrogens (primary N) is 1. The van der Waals surface area contributed by atoms with E-state index >= 15 is 0 Å². The molecule has 1 heterocycles. The van der Waals surface area contributed by atoms with Gasteiger partial charge in [0.1, 0.15) is 5.75 Å². The number of likely N-dealkylation sites (tertiary alicyclic amines) is 1. The fourth-order valence-electron chi connectivity index (χ4n) is 2.75.